The van der Waals surface area contributed by atoms with Crippen LogP contribution in [0.15, 0.2) is 0 Å². The molecule has 1 N–H and O–H groups in total. The molecule has 3 nitrogen and oxygen atoms in total. The predicted octanol–water partition coefficient (Wildman–Crippen LogP) is 3.53. The van der Waals surface area contributed by atoms with Gasteiger partial charge in [-0.3, -0.25) is 4.79 Å². The molecule has 0 amide bonds. The van der Waals surface area contributed by atoms with Crippen molar-refractivity contribution >= 4 is 5.97 Å². The molecule has 1 unspecified atom stereocenters. The molecule has 1 atom stereocenters. The van der Waals surface area contributed by atoms with E-state index in [4.69, 9.17) is 5.11 Å². The Bertz CT molecular complexity index is 263. The average molecular weight is 255 g/mol. The van der Waals surface area contributed by atoms with Crippen LogP contribution in [0.25, 0.3) is 0 Å². The first-order chi connectivity index (χ1) is 8.43. The van der Waals surface area contributed by atoms with Gasteiger partial charge in [0.25, 0.3) is 0 Å². The van der Waals surface area contributed by atoms with Crippen LogP contribution in [0.2, 0.25) is 0 Å². The van der Waals surface area contributed by atoms with Crippen molar-refractivity contribution in [1.29, 1.82) is 0 Å². The minimum Gasteiger partial charge on any atom is -0.481 e. The van der Waals surface area contributed by atoms with E-state index >= 15 is 0 Å². The summed E-state index contributed by atoms with van der Waals surface area (Å²) in [5.74, 6) is -0.675. The summed E-state index contributed by atoms with van der Waals surface area (Å²) in [4.78, 5) is 13.6. The fourth-order valence-electron chi connectivity index (χ4n) is 2.66. The molecule has 1 heterocycles. The maximum Gasteiger partial charge on any atom is 0.309 e. The Kier molecular flexibility index (Phi) is 6.13. The van der Waals surface area contributed by atoms with Crippen molar-refractivity contribution in [2.24, 2.45) is 5.41 Å². The van der Waals surface area contributed by atoms with Gasteiger partial charge in [-0.05, 0) is 59.5 Å². The summed E-state index contributed by atoms with van der Waals surface area (Å²) in [5, 5.41) is 9.06. The zero-order chi connectivity index (χ0) is 13.6. The normalized spacial score (nSPS) is 22.7. The van der Waals surface area contributed by atoms with Crippen molar-refractivity contribution in [1.82, 2.24) is 4.90 Å². The molecule has 1 saturated heterocycles. The van der Waals surface area contributed by atoms with E-state index in [9.17, 15) is 4.79 Å². The third-order valence-corrected chi connectivity index (χ3v) is 4.27. The molecular formula is C15H29NO2. The van der Waals surface area contributed by atoms with E-state index in [0.29, 0.717) is 6.04 Å². The number of carbonyl (C=O) groups is 1. The van der Waals surface area contributed by atoms with Gasteiger partial charge < -0.3 is 10.0 Å². The van der Waals surface area contributed by atoms with Crippen LogP contribution in [-0.2, 0) is 4.79 Å². The van der Waals surface area contributed by atoms with Crippen molar-refractivity contribution in [3.05, 3.63) is 0 Å². The van der Waals surface area contributed by atoms with Crippen molar-refractivity contribution in [3.63, 3.8) is 0 Å². The van der Waals surface area contributed by atoms with Crippen molar-refractivity contribution < 1.29 is 9.90 Å². The standard InChI is InChI=1S/C15H29NO2/c1-13-9-5-4-7-11-16(13)12-8-6-10-15(2,3)14(17)18/h13H,4-12H2,1-3H3,(H,17,18). The van der Waals surface area contributed by atoms with Crippen LogP contribution < -0.4 is 0 Å². The Morgan fingerprint density at radius 2 is 2.00 bits per heavy atom. The van der Waals surface area contributed by atoms with E-state index in [1.54, 1.807) is 0 Å². The molecule has 0 aromatic heterocycles. The highest BCUT2D eigenvalue weighted by atomic mass is 16.4. The van der Waals surface area contributed by atoms with Crippen LogP contribution in [0.1, 0.15) is 65.7 Å². The second-order valence-corrected chi connectivity index (χ2v) is 6.38. The zero-order valence-electron chi connectivity index (χ0n) is 12.2. The molecule has 1 rings (SSSR count). The Labute approximate surface area is 112 Å². The topological polar surface area (TPSA) is 40.5 Å². The lowest BCUT2D eigenvalue weighted by molar-refractivity contribution is -0.147. The molecule has 0 bridgehead atoms. The van der Waals surface area contributed by atoms with Gasteiger partial charge in [-0.2, -0.15) is 0 Å². The van der Waals surface area contributed by atoms with Crippen LogP contribution in [0, 0.1) is 5.41 Å². The van der Waals surface area contributed by atoms with Gasteiger partial charge in [0.1, 0.15) is 0 Å². The molecule has 106 valence electrons. The lowest BCUT2D eigenvalue weighted by Gasteiger charge is -2.27. The van der Waals surface area contributed by atoms with Crippen LogP contribution in [0.5, 0.6) is 0 Å². The summed E-state index contributed by atoms with van der Waals surface area (Å²) in [6, 6.07) is 0.708. The highest BCUT2D eigenvalue weighted by Gasteiger charge is 2.26. The maximum atomic E-state index is 11.0. The quantitative estimate of drug-likeness (QED) is 0.738. The fraction of sp³-hybridized carbons (Fsp3) is 0.933. The smallest absolute Gasteiger partial charge is 0.309 e. The third-order valence-electron chi connectivity index (χ3n) is 4.27. The lowest BCUT2D eigenvalue weighted by Crippen LogP contribution is -2.33. The van der Waals surface area contributed by atoms with Gasteiger partial charge >= 0.3 is 5.97 Å². The first kappa shape index (κ1) is 15.5. The SMILES string of the molecule is CC1CCCCCN1CCCCC(C)(C)C(=O)O. The monoisotopic (exact) mass is 255 g/mol. The van der Waals surface area contributed by atoms with Gasteiger partial charge in [-0.25, -0.2) is 0 Å². The first-order valence-corrected chi connectivity index (χ1v) is 7.41. The number of hydrogen-bond donors (Lipinski definition) is 1. The summed E-state index contributed by atoms with van der Waals surface area (Å²) in [6.45, 7) is 8.33. The van der Waals surface area contributed by atoms with Gasteiger partial charge in [-0.15, -0.1) is 0 Å². The molecule has 1 aliphatic heterocycles. The molecule has 0 radical (unpaired) electrons. The summed E-state index contributed by atoms with van der Waals surface area (Å²) < 4.78 is 0. The Hall–Kier alpha value is -0.570. The third kappa shape index (κ3) is 4.97. The summed E-state index contributed by atoms with van der Waals surface area (Å²) in [7, 11) is 0. The molecule has 0 saturated carbocycles. The number of carboxylic acid groups (broad SMARTS) is 1. The molecule has 0 aliphatic carbocycles. The van der Waals surface area contributed by atoms with E-state index in [1.165, 1.54) is 32.2 Å². The second kappa shape index (κ2) is 7.13. The van der Waals surface area contributed by atoms with Crippen molar-refractivity contribution in [2.75, 3.05) is 13.1 Å². The Morgan fingerprint density at radius 3 is 2.67 bits per heavy atom. The van der Waals surface area contributed by atoms with Gasteiger partial charge in [0.15, 0.2) is 0 Å². The van der Waals surface area contributed by atoms with E-state index in [2.05, 4.69) is 11.8 Å². The van der Waals surface area contributed by atoms with Gasteiger partial charge in [0.2, 0.25) is 0 Å². The zero-order valence-corrected chi connectivity index (χ0v) is 12.2. The number of unbranched alkanes of at least 4 members (excludes halogenated alkanes) is 1. The molecule has 1 fully saturated rings. The summed E-state index contributed by atoms with van der Waals surface area (Å²) >= 11 is 0. The maximum absolute atomic E-state index is 11.0. The second-order valence-electron chi connectivity index (χ2n) is 6.38. The molecule has 0 spiro atoms. The fourth-order valence-corrected chi connectivity index (χ4v) is 2.66. The number of nitrogens with zero attached hydrogens (tertiary/aromatic N) is 1. The molecule has 1 aliphatic rings. The number of rotatable bonds is 6. The minimum atomic E-state index is -0.675. The molecular weight excluding hydrogens is 226 g/mol. The predicted molar refractivity (Wildman–Crippen MR) is 74.8 cm³/mol. The number of hydrogen-bond acceptors (Lipinski definition) is 2. The van der Waals surface area contributed by atoms with E-state index < -0.39 is 11.4 Å². The van der Waals surface area contributed by atoms with Crippen LogP contribution >= 0.6 is 0 Å². The van der Waals surface area contributed by atoms with Crippen LogP contribution in [0.4, 0.5) is 0 Å². The summed E-state index contributed by atoms with van der Waals surface area (Å²) in [5.41, 5.74) is -0.565. The van der Waals surface area contributed by atoms with Crippen molar-refractivity contribution in [2.45, 2.75) is 71.8 Å². The molecule has 3 heteroatoms. The van der Waals surface area contributed by atoms with Crippen LogP contribution in [0.3, 0.4) is 0 Å². The van der Waals surface area contributed by atoms with Gasteiger partial charge in [0, 0.05) is 6.04 Å². The summed E-state index contributed by atoms with van der Waals surface area (Å²) in [6.07, 6.45) is 8.30. The Morgan fingerprint density at radius 1 is 1.28 bits per heavy atom. The molecule has 0 aromatic carbocycles. The first-order valence-electron chi connectivity index (χ1n) is 7.41. The van der Waals surface area contributed by atoms with E-state index in [0.717, 1.165) is 25.8 Å². The van der Waals surface area contributed by atoms with Gasteiger partial charge in [0.05, 0.1) is 5.41 Å². The average Bonchev–Trinajstić information content (AvgIpc) is 2.50. The lowest BCUT2D eigenvalue weighted by atomic mass is 9.87. The van der Waals surface area contributed by atoms with Crippen molar-refractivity contribution in [3.8, 4) is 0 Å². The number of aliphatic carboxylic acids is 1. The Balaban J connectivity index is 2.22. The molecule has 18 heavy (non-hydrogen) atoms. The number of carboxylic acids is 1. The van der Waals surface area contributed by atoms with Crippen LogP contribution in [-0.4, -0.2) is 35.1 Å². The highest BCUT2D eigenvalue weighted by molar-refractivity contribution is 5.73. The molecule has 0 aromatic rings. The van der Waals surface area contributed by atoms with E-state index in [1.807, 2.05) is 13.8 Å². The minimum absolute atomic E-state index is 0.565. The highest BCUT2D eigenvalue weighted by Crippen LogP contribution is 2.24. The largest absolute Gasteiger partial charge is 0.481 e. The van der Waals surface area contributed by atoms with E-state index in [-0.39, 0.29) is 0 Å². The number of likely N-dealkylation sites (tertiary alicyclic amines) is 1. The van der Waals surface area contributed by atoms with Gasteiger partial charge in [-0.1, -0.05) is 19.3 Å².